The third-order valence-corrected chi connectivity index (χ3v) is 7.01. The molecule has 0 atom stereocenters. The van der Waals surface area contributed by atoms with Gasteiger partial charge in [0.05, 0.1) is 13.2 Å². The fraction of sp³-hybridized carbons (Fsp3) is 0.538. The number of anilines is 2. The lowest BCUT2D eigenvalue weighted by Crippen LogP contribution is -2.36. The average Bonchev–Trinajstić information content (AvgIpc) is 3.24. The van der Waals surface area contributed by atoms with Gasteiger partial charge in [-0.05, 0) is 49.8 Å². The van der Waals surface area contributed by atoms with E-state index in [1.165, 1.54) is 11.3 Å². The van der Waals surface area contributed by atoms with Crippen LogP contribution in [0.1, 0.15) is 45.4 Å². The summed E-state index contributed by atoms with van der Waals surface area (Å²) in [6.07, 6.45) is 10.7. The zero-order chi connectivity index (χ0) is 23.3. The molecule has 34 heavy (non-hydrogen) atoms. The highest BCUT2D eigenvalue weighted by Crippen LogP contribution is 2.32. The Balaban J connectivity index is 1.44. The van der Waals surface area contributed by atoms with Crippen LogP contribution in [0.15, 0.2) is 36.7 Å². The molecule has 1 aliphatic heterocycles. The molecule has 3 heterocycles. The second-order valence-corrected chi connectivity index (χ2v) is 9.51. The second-order valence-electron chi connectivity index (χ2n) is 9.51. The fourth-order valence-corrected chi connectivity index (χ4v) is 4.92. The van der Waals surface area contributed by atoms with Gasteiger partial charge in [-0.1, -0.05) is 25.5 Å². The van der Waals surface area contributed by atoms with E-state index >= 15 is 0 Å². The molecule has 0 amide bonds. The van der Waals surface area contributed by atoms with E-state index in [0.29, 0.717) is 18.0 Å². The molecule has 5 rings (SSSR count). The molecule has 0 unspecified atom stereocenters. The highest BCUT2D eigenvalue weighted by molar-refractivity contribution is 5.94. The average molecular weight is 464 g/mol. The van der Waals surface area contributed by atoms with Gasteiger partial charge in [-0.2, -0.15) is 4.98 Å². The predicted octanol–water partition coefficient (Wildman–Crippen LogP) is 3.96. The molecule has 182 valence electrons. The molecule has 8 nitrogen and oxygen atoms in total. The summed E-state index contributed by atoms with van der Waals surface area (Å²) in [6, 6.07) is 9.56. The molecule has 1 saturated heterocycles. The minimum atomic E-state index is 0.330. The summed E-state index contributed by atoms with van der Waals surface area (Å²) < 4.78 is 7.60. The number of nitrogens with zero attached hydrogens (tertiary/aromatic N) is 4. The highest BCUT2D eigenvalue weighted by Gasteiger charge is 2.21. The summed E-state index contributed by atoms with van der Waals surface area (Å²) in [6.45, 7) is 6.53. The van der Waals surface area contributed by atoms with Gasteiger partial charge in [0.2, 0.25) is 5.95 Å². The number of hydrogen-bond donors (Lipinski definition) is 3. The Bertz CT molecular complexity index is 1070. The third-order valence-electron chi connectivity index (χ3n) is 7.01. The summed E-state index contributed by atoms with van der Waals surface area (Å²) in [5, 5.41) is 4.43. The van der Waals surface area contributed by atoms with E-state index in [-0.39, 0.29) is 0 Å². The summed E-state index contributed by atoms with van der Waals surface area (Å²) in [4.78, 5) is 11.9. The summed E-state index contributed by atoms with van der Waals surface area (Å²) in [5.41, 5.74) is 14.3. The number of fused-ring (bicyclic) bond motifs is 1. The van der Waals surface area contributed by atoms with E-state index in [4.69, 9.17) is 15.5 Å². The maximum atomic E-state index is 6.13. The molecule has 0 bridgehead atoms. The lowest BCUT2D eigenvalue weighted by Gasteiger charge is -2.28. The van der Waals surface area contributed by atoms with Gasteiger partial charge in [-0.3, -0.25) is 0 Å². The van der Waals surface area contributed by atoms with Crippen molar-refractivity contribution in [1.29, 1.82) is 0 Å². The zero-order valence-electron chi connectivity index (χ0n) is 20.2. The molecule has 3 aromatic rings. The molecule has 2 aliphatic rings. The quantitative estimate of drug-likeness (QED) is 0.435. The normalized spacial score (nSPS) is 21.1. The topological polar surface area (TPSA) is 93.3 Å². The van der Waals surface area contributed by atoms with Crippen LogP contribution in [0.4, 0.5) is 11.6 Å². The van der Waals surface area contributed by atoms with Gasteiger partial charge in [0.1, 0.15) is 0 Å². The van der Waals surface area contributed by atoms with Gasteiger partial charge in [-0.15, -0.1) is 0 Å². The molecule has 1 aliphatic carbocycles. The Morgan fingerprint density at radius 3 is 2.59 bits per heavy atom. The zero-order valence-corrected chi connectivity index (χ0v) is 20.2. The van der Waals surface area contributed by atoms with Crippen molar-refractivity contribution < 1.29 is 4.74 Å². The molecular formula is C26H37N7O. The number of rotatable bonds is 8. The number of nitrogens with two attached hydrogens (primary N) is 1. The van der Waals surface area contributed by atoms with Crippen molar-refractivity contribution in [2.75, 3.05) is 48.5 Å². The van der Waals surface area contributed by atoms with Crippen molar-refractivity contribution in [2.45, 2.75) is 57.5 Å². The highest BCUT2D eigenvalue weighted by atomic mass is 16.5. The third kappa shape index (κ3) is 5.13. The SMILES string of the molecule is CCCCNc1ncc2c(-c3ccc(N4CCOCC4)cc3)cn(NC3CCC(N)CC3)c2n1. The molecule has 4 N–H and O–H groups in total. The monoisotopic (exact) mass is 463 g/mol. The first-order chi connectivity index (χ1) is 16.7. The maximum Gasteiger partial charge on any atom is 0.224 e. The van der Waals surface area contributed by atoms with Crippen molar-refractivity contribution in [3.8, 4) is 11.1 Å². The van der Waals surface area contributed by atoms with E-state index in [0.717, 1.165) is 88.0 Å². The van der Waals surface area contributed by atoms with E-state index in [9.17, 15) is 0 Å². The standard InChI is InChI=1S/C26H37N7O/c1-2-3-12-28-26-29-17-23-24(19-4-10-22(11-5-19)32-13-15-34-16-14-32)18-33(25(23)30-26)31-21-8-6-20(27)7-9-21/h4-5,10-11,17-18,20-21,31H,2-3,6-9,12-16,27H2,1H3,(H,28,29,30). The number of aromatic nitrogens is 3. The van der Waals surface area contributed by atoms with Crippen LogP contribution in [-0.4, -0.2) is 59.6 Å². The van der Waals surface area contributed by atoms with E-state index < -0.39 is 0 Å². The summed E-state index contributed by atoms with van der Waals surface area (Å²) >= 11 is 0. The number of hydrogen-bond acceptors (Lipinski definition) is 7. The number of morpholine rings is 1. The lowest BCUT2D eigenvalue weighted by molar-refractivity contribution is 0.122. The van der Waals surface area contributed by atoms with E-state index in [2.05, 4.69) is 62.7 Å². The van der Waals surface area contributed by atoms with Crippen molar-refractivity contribution >= 4 is 22.7 Å². The Labute approximate surface area is 201 Å². The Hall–Kier alpha value is -2.84. The molecule has 2 fully saturated rings. The first-order valence-corrected chi connectivity index (χ1v) is 12.8. The number of benzene rings is 1. The van der Waals surface area contributed by atoms with Crippen molar-refractivity contribution in [3.63, 3.8) is 0 Å². The molecule has 1 aromatic carbocycles. The lowest BCUT2D eigenvalue weighted by atomic mass is 9.92. The van der Waals surface area contributed by atoms with E-state index in [1.807, 2.05) is 6.20 Å². The molecular weight excluding hydrogens is 426 g/mol. The summed E-state index contributed by atoms with van der Waals surface area (Å²) in [7, 11) is 0. The van der Waals surface area contributed by atoms with Crippen molar-refractivity contribution in [2.24, 2.45) is 5.73 Å². The van der Waals surface area contributed by atoms with Gasteiger partial charge >= 0.3 is 0 Å². The van der Waals surface area contributed by atoms with Crippen LogP contribution in [-0.2, 0) is 4.74 Å². The first-order valence-electron chi connectivity index (χ1n) is 12.8. The van der Waals surface area contributed by atoms with Crippen LogP contribution in [0.5, 0.6) is 0 Å². The molecule has 0 radical (unpaired) electrons. The number of unbranched alkanes of at least 4 members (excludes halogenated alkanes) is 1. The Kier molecular flexibility index (Phi) is 7.16. The Morgan fingerprint density at radius 1 is 1.09 bits per heavy atom. The fourth-order valence-electron chi connectivity index (χ4n) is 4.92. The van der Waals surface area contributed by atoms with Gasteiger partial charge < -0.3 is 26.1 Å². The first kappa shape index (κ1) is 22.9. The van der Waals surface area contributed by atoms with Crippen LogP contribution in [0, 0.1) is 0 Å². The maximum absolute atomic E-state index is 6.13. The van der Waals surface area contributed by atoms with Crippen LogP contribution in [0.3, 0.4) is 0 Å². The largest absolute Gasteiger partial charge is 0.378 e. The van der Waals surface area contributed by atoms with Crippen molar-refractivity contribution in [3.05, 3.63) is 36.7 Å². The minimum Gasteiger partial charge on any atom is -0.378 e. The molecule has 8 heteroatoms. The predicted molar refractivity (Wildman–Crippen MR) is 139 cm³/mol. The van der Waals surface area contributed by atoms with Gasteiger partial charge in [0, 0.05) is 60.7 Å². The van der Waals surface area contributed by atoms with E-state index in [1.54, 1.807) is 0 Å². The number of ether oxygens (including phenoxy) is 1. The molecule has 0 spiro atoms. The Morgan fingerprint density at radius 2 is 1.85 bits per heavy atom. The summed E-state index contributed by atoms with van der Waals surface area (Å²) in [5.74, 6) is 0.682. The number of nitrogens with one attached hydrogen (secondary N) is 2. The molecule has 2 aromatic heterocycles. The van der Waals surface area contributed by atoms with Crippen LogP contribution in [0.2, 0.25) is 0 Å². The molecule has 1 saturated carbocycles. The minimum absolute atomic E-state index is 0.330. The van der Waals surface area contributed by atoms with Crippen LogP contribution >= 0.6 is 0 Å². The smallest absolute Gasteiger partial charge is 0.224 e. The van der Waals surface area contributed by atoms with Crippen molar-refractivity contribution in [1.82, 2.24) is 14.6 Å². The van der Waals surface area contributed by atoms with Crippen LogP contribution in [0.25, 0.3) is 22.2 Å². The van der Waals surface area contributed by atoms with Gasteiger partial charge in [0.25, 0.3) is 0 Å². The van der Waals surface area contributed by atoms with Gasteiger partial charge in [0.15, 0.2) is 5.65 Å². The second kappa shape index (κ2) is 10.6. The van der Waals surface area contributed by atoms with Gasteiger partial charge in [-0.25, -0.2) is 9.66 Å². The van der Waals surface area contributed by atoms with Crippen LogP contribution < -0.4 is 21.4 Å².